The minimum absolute atomic E-state index is 0.106. The number of aliphatic hydroxyl groups is 1. The normalized spacial score (nSPS) is 34.8. The maximum Gasteiger partial charge on any atom is 0.0567 e. The van der Waals surface area contributed by atoms with E-state index in [1.54, 1.807) is 0 Å². The molecule has 0 bridgehead atoms. The molecular formula is C17H26N2O. The van der Waals surface area contributed by atoms with Crippen LogP contribution in [0.25, 0.3) is 0 Å². The molecule has 0 aromatic carbocycles. The Hall–Kier alpha value is -0.930. The van der Waals surface area contributed by atoms with Crippen LogP contribution in [0.15, 0.2) is 18.3 Å². The lowest BCUT2D eigenvalue weighted by atomic mass is 9.76. The zero-order valence-corrected chi connectivity index (χ0v) is 12.6. The van der Waals surface area contributed by atoms with E-state index in [2.05, 4.69) is 36.0 Å². The van der Waals surface area contributed by atoms with E-state index in [9.17, 15) is 5.11 Å². The van der Waals surface area contributed by atoms with Gasteiger partial charge in [0.2, 0.25) is 0 Å². The lowest BCUT2D eigenvalue weighted by Crippen LogP contribution is -2.42. The second kappa shape index (κ2) is 5.82. The van der Waals surface area contributed by atoms with Gasteiger partial charge in [-0.05, 0) is 62.6 Å². The highest BCUT2D eigenvalue weighted by Crippen LogP contribution is 2.38. The van der Waals surface area contributed by atoms with Crippen molar-refractivity contribution in [2.45, 2.75) is 57.1 Å². The summed E-state index contributed by atoms with van der Waals surface area (Å²) in [7, 11) is 2.20. The van der Waals surface area contributed by atoms with Crippen LogP contribution in [0.2, 0.25) is 0 Å². The van der Waals surface area contributed by atoms with Gasteiger partial charge in [-0.3, -0.25) is 4.98 Å². The number of hydrogen-bond donors (Lipinski definition) is 1. The fourth-order valence-electron chi connectivity index (χ4n) is 3.99. The number of fused-ring (bicyclic) bond motifs is 1. The van der Waals surface area contributed by atoms with Crippen molar-refractivity contribution in [2.75, 3.05) is 13.6 Å². The topological polar surface area (TPSA) is 36.4 Å². The Morgan fingerprint density at radius 3 is 3.10 bits per heavy atom. The van der Waals surface area contributed by atoms with Crippen LogP contribution in [-0.2, 0) is 6.42 Å². The van der Waals surface area contributed by atoms with Crippen LogP contribution < -0.4 is 0 Å². The molecule has 2 heterocycles. The molecule has 1 saturated heterocycles. The molecule has 0 spiro atoms. The highest BCUT2D eigenvalue weighted by atomic mass is 16.3. The van der Waals surface area contributed by atoms with Crippen LogP contribution in [0.1, 0.15) is 49.8 Å². The molecule has 1 aromatic rings. The van der Waals surface area contributed by atoms with Crippen LogP contribution >= 0.6 is 0 Å². The zero-order valence-electron chi connectivity index (χ0n) is 12.6. The third-order valence-corrected chi connectivity index (χ3v) is 5.13. The number of aliphatic hydroxyl groups excluding tert-OH is 1. The summed E-state index contributed by atoms with van der Waals surface area (Å²) in [4.78, 5) is 7.02. The summed E-state index contributed by atoms with van der Waals surface area (Å²) >= 11 is 0. The summed E-state index contributed by atoms with van der Waals surface area (Å²) in [5.74, 6) is 1.33. The van der Waals surface area contributed by atoms with Crippen LogP contribution in [0.3, 0.4) is 0 Å². The maximum absolute atomic E-state index is 9.94. The molecule has 3 nitrogen and oxygen atoms in total. The van der Waals surface area contributed by atoms with Crippen molar-refractivity contribution in [3.8, 4) is 0 Å². The van der Waals surface area contributed by atoms with E-state index in [1.165, 1.54) is 17.7 Å². The first-order valence-electron chi connectivity index (χ1n) is 7.95. The Balaban J connectivity index is 1.77. The molecule has 0 saturated carbocycles. The number of hydrogen-bond acceptors (Lipinski definition) is 3. The molecule has 1 N–H and O–H groups in total. The van der Waals surface area contributed by atoms with Gasteiger partial charge < -0.3 is 10.0 Å². The van der Waals surface area contributed by atoms with Gasteiger partial charge in [0.25, 0.3) is 0 Å². The van der Waals surface area contributed by atoms with Crippen LogP contribution in [-0.4, -0.2) is 40.7 Å². The first kappa shape index (κ1) is 14.0. The lowest BCUT2D eigenvalue weighted by Gasteiger charge is -2.39. The Morgan fingerprint density at radius 2 is 2.25 bits per heavy atom. The molecule has 1 aliphatic carbocycles. The summed E-state index contributed by atoms with van der Waals surface area (Å²) in [6, 6.07) is 4.85. The molecule has 4 atom stereocenters. The van der Waals surface area contributed by atoms with E-state index in [4.69, 9.17) is 0 Å². The van der Waals surface area contributed by atoms with Gasteiger partial charge in [0.1, 0.15) is 0 Å². The summed E-state index contributed by atoms with van der Waals surface area (Å²) in [6.07, 6.45) is 7.21. The SMILES string of the molecule is C[C@H]1Cc2ncccc2[C@@H](CC2CC(O)CCN2C)C1. The smallest absolute Gasteiger partial charge is 0.0567 e. The third kappa shape index (κ3) is 2.89. The average Bonchev–Trinajstić information content (AvgIpc) is 2.43. The largest absolute Gasteiger partial charge is 0.393 e. The Labute approximate surface area is 122 Å². The third-order valence-electron chi connectivity index (χ3n) is 5.13. The van der Waals surface area contributed by atoms with Gasteiger partial charge >= 0.3 is 0 Å². The number of rotatable bonds is 2. The number of likely N-dealkylation sites (tertiary alicyclic amines) is 1. The number of aromatic nitrogens is 1. The van der Waals surface area contributed by atoms with Crippen molar-refractivity contribution in [3.63, 3.8) is 0 Å². The van der Waals surface area contributed by atoms with Gasteiger partial charge in [0.15, 0.2) is 0 Å². The summed E-state index contributed by atoms with van der Waals surface area (Å²) in [5.41, 5.74) is 2.76. The molecule has 3 heteroatoms. The standard InChI is InChI=1S/C17H26N2O/c1-12-8-13(16-4-3-6-18-17(16)9-12)10-14-11-15(20)5-7-19(14)2/h3-4,6,12-15,20H,5,7-11H2,1-2H3/t12-,13-,14?,15?/m1/s1. The first-order chi connectivity index (χ1) is 9.63. The van der Waals surface area contributed by atoms with Gasteiger partial charge in [-0.1, -0.05) is 13.0 Å². The van der Waals surface area contributed by atoms with Gasteiger partial charge in [0.05, 0.1) is 6.10 Å². The molecule has 0 radical (unpaired) electrons. The minimum Gasteiger partial charge on any atom is -0.393 e. The Kier molecular flexibility index (Phi) is 4.08. The highest BCUT2D eigenvalue weighted by molar-refractivity contribution is 5.27. The first-order valence-corrected chi connectivity index (χ1v) is 7.95. The van der Waals surface area contributed by atoms with E-state index < -0.39 is 0 Å². The minimum atomic E-state index is -0.106. The molecule has 2 unspecified atom stereocenters. The molecule has 1 aromatic heterocycles. The summed E-state index contributed by atoms with van der Waals surface area (Å²) in [5, 5.41) is 9.94. The average molecular weight is 274 g/mol. The van der Waals surface area contributed by atoms with Crippen LogP contribution in [0, 0.1) is 5.92 Å². The van der Waals surface area contributed by atoms with Gasteiger partial charge in [-0.2, -0.15) is 0 Å². The second-order valence-electron chi connectivity index (χ2n) is 6.83. The quantitative estimate of drug-likeness (QED) is 0.900. The van der Waals surface area contributed by atoms with Gasteiger partial charge in [-0.25, -0.2) is 0 Å². The molecule has 1 fully saturated rings. The van der Waals surface area contributed by atoms with E-state index in [0.29, 0.717) is 12.0 Å². The zero-order chi connectivity index (χ0) is 14.1. The van der Waals surface area contributed by atoms with E-state index >= 15 is 0 Å². The van der Waals surface area contributed by atoms with Crippen molar-refractivity contribution >= 4 is 0 Å². The molecule has 2 aliphatic rings. The van der Waals surface area contributed by atoms with Crippen LogP contribution in [0.5, 0.6) is 0 Å². The van der Waals surface area contributed by atoms with Crippen molar-refractivity contribution < 1.29 is 5.11 Å². The van der Waals surface area contributed by atoms with Crippen molar-refractivity contribution in [3.05, 3.63) is 29.6 Å². The Bertz CT molecular complexity index is 462. The second-order valence-corrected chi connectivity index (χ2v) is 6.83. The molecule has 1 aliphatic heterocycles. The molecule has 20 heavy (non-hydrogen) atoms. The fraction of sp³-hybridized carbons (Fsp3) is 0.706. The van der Waals surface area contributed by atoms with Crippen LogP contribution in [0.4, 0.5) is 0 Å². The lowest BCUT2D eigenvalue weighted by molar-refractivity contribution is 0.0482. The predicted molar refractivity (Wildman–Crippen MR) is 80.7 cm³/mol. The van der Waals surface area contributed by atoms with E-state index in [1.807, 2.05) is 6.20 Å². The predicted octanol–water partition coefficient (Wildman–Crippen LogP) is 2.59. The fourth-order valence-corrected chi connectivity index (χ4v) is 3.99. The monoisotopic (exact) mass is 274 g/mol. The van der Waals surface area contributed by atoms with Crippen molar-refractivity contribution in [1.29, 1.82) is 0 Å². The molecular weight excluding hydrogens is 248 g/mol. The molecule has 3 rings (SSSR count). The van der Waals surface area contributed by atoms with E-state index in [-0.39, 0.29) is 6.10 Å². The molecule has 0 amide bonds. The van der Waals surface area contributed by atoms with Crippen molar-refractivity contribution in [2.24, 2.45) is 5.92 Å². The van der Waals surface area contributed by atoms with Gasteiger partial charge in [-0.15, -0.1) is 0 Å². The van der Waals surface area contributed by atoms with Crippen molar-refractivity contribution in [1.82, 2.24) is 9.88 Å². The summed E-state index contributed by atoms with van der Waals surface area (Å²) in [6.45, 7) is 3.36. The summed E-state index contributed by atoms with van der Waals surface area (Å²) < 4.78 is 0. The number of pyridine rings is 1. The number of nitrogens with zero attached hydrogens (tertiary/aromatic N) is 2. The number of piperidine rings is 1. The molecule has 110 valence electrons. The van der Waals surface area contributed by atoms with Gasteiger partial charge in [0, 0.05) is 24.5 Å². The maximum atomic E-state index is 9.94. The Morgan fingerprint density at radius 1 is 1.40 bits per heavy atom. The highest BCUT2D eigenvalue weighted by Gasteiger charge is 2.31. The van der Waals surface area contributed by atoms with E-state index in [0.717, 1.165) is 38.1 Å².